The second kappa shape index (κ2) is 6.46. The van der Waals surface area contributed by atoms with Gasteiger partial charge in [-0.2, -0.15) is 0 Å². The summed E-state index contributed by atoms with van der Waals surface area (Å²) in [5.74, 6) is 1.62. The van der Waals surface area contributed by atoms with Gasteiger partial charge in [0.15, 0.2) is 0 Å². The fourth-order valence-corrected chi connectivity index (χ4v) is 11.5. The molecule has 12 unspecified atom stereocenters. The molecule has 1 spiro atoms. The molecule has 33 heavy (non-hydrogen) atoms. The number of hydrogen-bond donors (Lipinski definition) is 2. The Bertz CT molecular complexity index is 913. The molecule has 1 saturated heterocycles. The third-order valence-electron chi connectivity index (χ3n) is 13.6. The molecule has 4 bridgehead atoms. The molecular formula is C29H44O4. The Labute approximate surface area is 199 Å². The quantitative estimate of drug-likeness (QED) is 0.385. The molecule has 6 fully saturated rings. The predicted octanol–water partition coefficient (Wildman–Crippen LogP) is 5.27. The van der Waals surface area contributed by atoms with E-state index in [-0.39, 0.29) is 39.7 Å². The number of carbonyl (C=O) groups excluding carboxylic acids is 1. The molecule has 2 N–H and O–H groups in total. The number of carbonyl (C=O) groups is 1. The van der Waals surface area contributed by atoms with E-state index in [2.05, 4.69) is 41.2 Å². The highest BCUT2D eigenvalue weighted by atomic mass is 16.6. The number of rotatable bonds is 0. The van der Waals surface area contributed by atoms with Gasteiger partial charge < -0.3 is 14.9 Å². The zero-order valence-electron chi connectivity index (χ0n) is 21.3. The van der Waals surface area contributed by atoms with E-state index in [0.29, 0.717) is 17.8 Å². The minimum absolute atomic E-state index is 0.0217. The topological polar surface area (TPSA) is 66.8 Å². The first-order valence-corrected chi connectivity index (χ1v) is 13.6. The van der Waals surface area contributed by atoms with Crippen molar-refractivity contribution in [3.63, 3.8) is 0 Å². The van der Waals surface area contributed by atoms with Crippen LogP contribution in [-0.4, -0.2) is 34.5 Å². The largest absolute Gasteiger partial charge is 0.458 e. The summed E-state index contributed by atoms with van der Waals surface area (Å²) in [6.07, 6.45) is 7.75. The molecule has 1 heterocycles. The first-order chi connectivity index (χ1) is 15.4. The zero-order chi connectivity index (χ0) is 23.8. The van der Waals surface area contributed by atoms with Gasteiger partial charge >= 0.3 is 5.97 Å². The van der Waals surface area contributed by atoms with Crippen molar-refractivity contribution >= 4 is 5.97 Å². The summed E-state index contributed by atoms with van der Waals surface area (Å²) in [6.45, 7) is 16.2. The first kappa shape index (κ1) is 22.6. The van der Waals surface area contributed by atoms with Crippen molar-refractivity contribution in [3.8, 4) is 0 Å². The van der Waals surface area contributed by atoms with Gasteiger partial charge in [0.1, 0.15) is 12.2 Å². The maximum absolute atomic E-state index is 14.0. The Kier molecular flexibility index (Phi) is 4.42. The third kappa shape index (κ3) is 2.30. The monoisotopic (exact) mass is 456 g/mol. The van der Waals surface area contributed by atoms with Gasteiger partial charge in [-0.15, -0.1) is 0 Å². The van der Waals surface area contributed by atoms with Crippen molar-refractivity contribution in [2.45, 2.75) is 111 Å². The molecule has 4 nitrogen and oxygen atoms in total. The normalized spacial score (nSPS) is 62.0. The lowest BCUT2D eigenvalue weighted by atomic mass is 9.29. The number of aliphatic hydroxyl groups is 2. The fraction of sp³-hybridized carbons (Fsp3) is 0.897. The summed E-state index contributed by atoms with van der Waals surface area (Å²) >= 11 is 0. The average Bonchev–Trinajstić information content (AvgIpc) is 2.75. The van der Waals surface area contributed by atoms with E-state index in [1.807, 2.05) is 0 Å². The molecule has 5 aliphatic carbocycles. The lowest BCUT2D eigenvalue weighted by Gasteiger charge is -2.76. The van der Waals surface area contributed by atoms with E-state index in [4.69, 9.17) is 4.74 Å². The Balaban J connectivity index is 1.46. The minimum Gasteiger partial charge on any atom is -0.458 e. The number of ether oxygens (including phenoxy) is 1. The Morgan fingerprint density at radius 1 is 0.848 bits per heavy atom. The summed E-state index contributed by atoms with van der Waals surface area (Å²) in [4.78, 5) is 14.0. The van der Waals surface area contributed by atoms with Crippen molar-refractivity contribution in [3.05, 3.63) is 12.2 Å². The van der Waals surface area contributed by atoms with Crippen LogP contribution in [0.25, 0.3) is 0 Å². The highest BCUT2D eigenvalue weighted by Crippen LogP contribution is 2.79. The maximum atomic E-state index is 14.0. The van der Waals surface area contributed by atoms with Crippen LogP contribution < -0.4 is 0 Å². The number of fused-ring (bicyclic) bond motifs is 4. The van der Waals surface area contributed by atoms with E-state index in [9.17, 15) is 15.0 Å². The molecule has 5 saturated carbocycles. The van der Waals surface area contributed by atoms with Crippen molar-refractivity contribution in [2.24, 2.45) is 50.7 Å². The standard InChI is InChI=1S/C29H44O4/c1-16-15-21-27(5)11-13-28(6)20-9-10-25(3)17(2)18(30)7-8-19(25)26(20,4)12-14-29(21,28)24(32)33-23(27)22(16)31/h17-23,30-31H,1,7-15H2,2-6H3. The van der Waals surface area contributed by atoms with Gasteiger partial charge in [0, 0.05) is 5.41 Å². The summed E-state index contributed by atoms with van der Waals surface area (Å²) < 4.78 is 6.22. The van der Waals surface area contributed by atoms with Crippen LogP contribution in [0.1, 0.15) is 92.4 Å². The van der Waals surface area contributed by atoms with Gasteiger partial charge in [-0.05, 0) is 103 Å². The van der Waals surface area contributed by atoms with Gasteiger partial charge in [-0.3, -0.25) is 4.79 Å². The zero-order valence-corrected chi connectivity index (χ0v) is 21.3. The number of aliphatic hydroxyl groups excluding tert-OH is 2. The molecule has 0 aromatic heterocycles. The molecule has 184 valence electrons. The van der Waals surface area contributed by atoms with E-state index in [0.717, 1.165) is 63.4 Å². The third-order valence-corrected chi connectivity index (χ3v) is 13.6. The van der Waals surface area contributed by atoms with Crippen LogP contribution in [0.5, 0.6) is 0 Å². The average molecular weight is 457 g/mol. The lowest BCUT2D eigenvalue weighted by Crippen LogP contribution is -2.75. The predicted molar refractivity (Wildman–Crippen MR) is 127 cm³/mol. The van der Waals surface area contributed by atoms with Gasteiger partial charge in [0.25, 0.3) is 0 Å². The van der Waals surface area contributed by atoms with E-state index >= 15 is 0 Å². The maximum Gasteiger partial charge on any atom is 0.313 e. The fourth-order valence-electron chi connectivity index (χ4n) is 11.5. The summed E-state index contributed by atoms with van der Waals surface area (Å²) in [7, 11) is 0. The molecule has 0 radical (unpaired) electrons. The molecule has 1 aliphatic heterocycles. The van der Waals surface area contributed by atoms with Crippen molar-refractivity contribution < 1.29 is 19.7 Å². The van der Waals surface area contributed by atoms with Crippen LogP contribution in [-0.2, 0) is 9.53 Å². The molecule has 12 atom stereocenters. The SMILES string of the molecule is C=C1CC2C3(C)CCC4(C)C5CCC6(C)C(C)C(O)CCC6C5(C)CCC24C(=O)OC3C1O. The second-order valence-electron chi connectivity index (χ2n) is 14.2. The van der Waals surface area contributed by atoms with Gasteiger partial charge in [-0.25, -0.2) is 0 Å². The molecule has 6 aliphatic rings. The Morgan fingerprint density at radius 2 is 1.55 bits per heavy atom. The van der Waals surface area contributed by atoms with Crippen molar-refractivity contribution in [1.29, 1.82) is 0 Å². The second-order valence-corrected chi connectivity index (χ2v) is 14.2. The Morgan fingerprint density at radius 3 is 2.27 bits per heavy atom. The summed E-state index contributed by atoms with van der Waals surface area (Å²) in [6, 6.07) is 0. The van der Waals surface area contributed by atoms with Gasteiger partial charge in [-0.1, -0.05) is 41.2 Å². The van der Waals surface area contributed by atoms with Gasteiger partial charge in [0.05, 0.1) is 11.5 Å². The lowest BCUT2D eigenvalue weighted by molar-refractivity contribution is -0.305. The minimum atomic E-state index is -0.726. The highest BCUT2D eigenvalue weighted by molar-refractivity contribution is 5.81. The molecule has 4 heteroatoms. The van der Waals surface area contributed by atoms with E-state index in [1.54, 1.807) is 0 Å². The van der Waals surface area contributed by atoms with Gasteiger partial charge in [0.2, 0.25) is 0 Å². The van der Waals surface area contributed by atoms with Crippen LogP contribution in [0.15, 0.2) is 12.2 Å². The molecule has 0 amide bonds. The number of hydrogen-bond acceptors (Lipinski definition) is 4. The van der Waals surface area contributed by atoms with Crippen LogP contribution in [0.4, 0.5) is 0 Å². The summed E-state index contributed by atoms with van der Waals surface area (Å²) in [5, 5.41) is 21.6. The summed E-state index contributed by atoms with van der Waals surface area (Å²) in [5.41, 5.74) is 0.519. The van der Waals surface area contributed by atoms with Crippen LogP contribution in [0.3, 0.4) is 0 Å². The first-order valence-electron chi connectivity index (χ1n) is 13.6. The molecule has 6 rings (SSSR count). The van der Waals surface area contributed by atoms with Crippen molar-refractivity contribution in [2.75, 3.05) is 0 Å². The molecule has 0 aromatic carbocycles. The van der Waals surface area contributed by atoms with E-state index < -0.39 is 17.6 Å². The van der Waals surface area contributed by atoms with E-state index in [1.165, 1.54) is 0 Å². The van der Waals surface area contributed by atoms with Crippen LogP contribution in [0, 0.1) is 50.7 Å². The molecule has 0 aromatic rings. The van der Waals surface area contributed by atoms with Crippen molar-refractivity contribution in [1.82, 2.24) is 0 Å². The highest BCUT2D eigenvalue weighted by Gasteiger charge is 2.78. The number of esters is 1. The Hall–Kier alpha value is -0.870. The van der Waals surface area contributed by atoms with Crippen LogP contribution >= 0.6 is 0 Å². The molecular weight excluding hydrogens is 412 g/mol. The van der Waals surface area contributed by atoms with Crippen LogP contribution in [0.2, 0.25) is 0 Å². The smallest absolute Gasteiger partial charge is 0.313 e.